The van der Waals surface area contributed by atoms with Crippen LogP contribution >= 0.6 is 0 Å². The lowest BCUT2D eigenvalue weighted by molar-refractivity contribution is -0.149. The lowest BCUT2D eigenvalue weighted by Crippen LogP contribution is -2.47. The van der Waals surface area contributed by atoms with Crippen molar-refractivity contribution in [1.29, 1.82) is 0 Å². The summed E-state index contributed by atoms with van der Waals surface area (Å²) >= 11 is 0. The van der Waals surface area contributed by atoms with E-state index in [1.807, 2.05) is 30.3 Å². The summed E-state index contributed by atoms with van der Waals surface area (Å²) < 4.78 is 0. The molecule has 1 rings (SSSR count). The quantitative estimate of drug-likeness (QED) is 0.799. The van der Waals surface area contributed by atoms with E-state index >= 15 is 0 Å². The predicted octanol–water partition coefficient (Wildman–Crippen LogP) is 1.43. The summed E-state index contributed by atoms with van der Waals surface area (Å²) in [6, 6.07) is 7.52. The maximum atomic E-state index is 11.0. The molecular weight excluding hydrogens is 234 g/mol. The van der Waals surface area contributed by atoms with Crippen LogP contribution in [0.3, 0.4) is 0 Å². The average Bonchev–Trinajstić information content (AvgIpc) is 2.35. The summed E-state index contributed by atoms with van der Waals surface area (Å²) in [7, 11) is 0. The van der Waals surface area contributed by atoms with Gasteiger partial charge in [0, 0.05) is 6.54 Å². The van der Waals surface area contributed by atoms with Crippen LogP contribution in [-0.4, -0.2) is 39.1 Å². The van der Waals surface area contributed by atoms with E-state index in [4.69, 9.17) is 10.2 Å². The van der Waals surface area contributed by atoms with Crippen molar-refractivity contribution < 1.29 is 19.8 Å². The molecule has 0 heterocycles. The molecule has 5 nitrogen and oxygen atoms in total. The van der Waals surface area contributed by atoms with Gasteiger partial charge in [-0.25, -0.2) is 0 Å². The van der Waals surface area contributed by atoms with Crippen molar-refractivity contribution in [2.45, 2.75) is 32.5 Å². The van der Waals surface area contributed by atoms with Crippen LogP contribution in [-0.2, 0) is 16.1 Å². The van der Waals surface area contributed by atoms with Crippen LogP contribution in [0.2, 0.25) is 0 Å². The minimum atomic E-state index is -1.03. The van der Waals surface area contributed by atoms with E-state index in [2.05, 4.69) is 0 Å². The Morgan fingerprint density at radius 3 is 1.89 bits per heavy atom. The van der Waals surface area contributed by atoms with E-state index in [1.165, 1.54) is 18.7 Å². The number of hydrogen-bond donors (Lipinski definition) is 2. The third-order valence-electron chi connectivity index (χ3n) is 2.92. The van der Waals surface area contributed by atoms with Crippen LogP contribution in [0, 0.1) is 0 Å². The molecule has 0 amide bonds. The van der Waals surface area contributed by atoms with Crippen LogP contribution < -0.4 is 0 Å². The zero-order valence-corrected chi connectivity index (χ0v) is 10.4. The number of aliphatic carboxylic acids is 2. The number of carboxylic acids is 2. The molecule has 0 aliphatic rings. The maximum absolute atomic E-state index is 11.0. The van der Waals surface area contributed by atoms with E-state index in [0.717, 1.165) is 5.56 Å². The maximum Gasteiger partial charge on any atom is 0.320 e. The summed E-state index contributed by atoms with van der Waals surface area (Å²) in [5.74, 6) is -2.06. The molecule has 2 N–H and O–H groups in total. The van der Waals surface area contributed by atoms with Gasteiger partial charge < -0.3 is 10.2 Å². The van der Waals surface area contributed by atoms with Crippen molar-refractivity contribution in [3.63, 3.8) is 0 Å². The summed E-state index contributed by atoms with van der Waals surface area (Å²) in [6.45, 7) is 3.28. The molecule has 0 radical (unpaired) electrons. The molecule has 0 aliphatic heterocycles. The van der Waals surface area contributed by atoms with Gasteiger partial charge >= 0.3 is 11.9 Å². The van der Waals surface area contributed by atoms with Gasteiger partial charge in [-0.1, -0.05) is 30.3 Å². The first-order valence-electron chi connectivity index (χ1n) is 5.68. The van der Waals surface area contributed by atoms with Gasteiger partial charge in [0.1, 0.15) is 12.1 Å². The van der Waals surface area contributed by atoms with Gasteiger partial charge in [0.25, 0.3) is 0 Å². The molecule has 5 heteroatoms. The topological polar surface area (TPSA) is 77.8 Å². The third kappa shape index (κ3) is 3.56. The predicted molar refractivity (Wildman–Crippen MR) is 66.2 cm³/mol. The van der Waals surface area contributed by atoms with Crippen molar-refractivity contribution >= 4 is 11.9 Å². The van der Waals surface area contributed by atoms with Crippen LogP contribution in [0.4, 0.5) is 0 Å². The Hall–Kier alpha value is -1.88. The highest BCUT2D eigenvalue weighted by Gasteiger charge is 2.29. The van der Waals surface area contributed by atoms with Gasteiger partial charge in [-0.3, -0.25) is 14.5 Å². The lowest BCUT2D eigenvalue weighted by atomic mass is 10.1. The SMILES string of the molecule is CC(C(=O)O)N(Cc1ccccc1)C(C)C(=O)O. The average molecular weight is 251 g/mol. The van der Waals surface area contributed by atoms with Crippen LogP contribution in [0.15, 0.2) is 30.3 Å². The molecule has 1 aromatic rings. The van der Waals surface area contributed by atoms with Crippen molar-refractivity contribution in [2.24, 2.45) is 0 Å². The van der Waals surface area contributed by atoms with Gasteiger partial charge in [-0.2, -0.15) is 0 Å². The van der Waals surface area contributed by atoms with E-state index in [0.29, 0.717) is 6.54 Å². The Kier molecular flexibility index (Phi) is 4.85. The minimum Gasteiger partial charge on any atom is -0.480 e. The summed E-state index contributed by atoms with van der Waals surface area (Å²) in [4.78, 5) is 23.5. The second-order valence-electron chi connectivity index (χ2n) is 4.19. The van der Waals surface area contributed by atoms with Gasteiger partial charge in [0.2, 0.25) is 0 Å². The smallest absolute Gasteiger partial charge is 0.320 e. The molecule has 2 atom stereocenters. The Bertz CT molecular complexity index is 398. The Balaban J connectivity index is 2.91. The van der Waals surface area contributed by atoms with E-state index < -0.39 is 24.0 Å². The first-order valence-corrected chi connectivity index (χ1v) is 5.68. The van der Waals surface area contributed by atoms with E-state index in [-0.39, 0.29) is 0 Å². The van der Waals surface area contributed by atoms with Crippen LogP contribution in [0.1, 0.15) is 19.4 Å². The van der Waals surface area contributed by atoms with Gasteiger partial charge in [-0.15, -0.1) is 0 Å². The highest BCUT2D eigenvalue weighted by atomic mass is 16.4. The number of benzene rings is 1. The number of nitrogens with zero attached hydrogens (tertiary/aromatic N) is 1. The molecular formula is C13H17NO4. The first kappa shape index (κ1) is 14.2. The minimum absolute atomic E-state index is 0.293. The Morgan fingerprint density at radius 1 is 1.06 bits per heavy atom. The Morgan fingerprint density at radius 2 is 1.50 bits per heavy atom. The molecule has 0 bridgehead atoms. The number of carboxylic acid groups (broad SMARTS) is 2. The fourth-order valence-corrected chi connectivity index (χ4v) is 1.69. The van der Waals surface area contributed by atoms with E-state index in [1.54, 1.807) is 0 Å². The lowest BCUT2D eigenvalue weighted by Gasteiger charge is -2.29. The molecule has 98 valence electrons. The molecule has 18 heavy (non-hydrogen) atoms. The summed E-state index contributed by atoms with van der Waals surface area (Å²) in [5.41, 5.74) is 0.888. The zero-order valence-electron chi connectivity index (χ0n) is 10.4. The second-order valence-corrected chi connectivity index (χ2v) is 4.19. The largest absolute Gasteiger partial charge is 0.480 e. The standard InChI is InChI=1S/C13H17NO4/c1-9(12(15)16)14(10(2)13(17)18)8-11-6-4-3-5-7-11/h3-7,9-10H,8H2,1-2H3,(H,15,16)(H,17,18). The monoisotopic (exact) mass is 251 g/mol. The highest BCUT2D eigenvalue weighted by molar-refractivity contribution is 5.76. The number of hydrogen-bond acceptors (Lipinski definition) is 3. The van der Waals surface area contributed by atoms with Crippen molar-refractivity contribution in [3.8, 4) is 0 Å². The van der Waals surface area contributed by atoms with Crippen LogP contribution in [0.25, 0.3) is 0 Å². The van der Waals surface area contributed by atoms with Gasteiger partial charge in [0.15, 0.2) is 0 Å². The number of carbonyl (C=O) groups is 2. The summed E-state index contributed by atoms with van der Waals surface area (Å²) in [6.07, 6.45) is 0. The fraction of sp³-hybridized carbons (Fsp3) is 0.385. The molecule has 0 aliphatic carbocycles. The molecule has 2 unspecified atom stereocenters. The molecule has 0 fully saturated rings. The van der Waals surface area contributed by atoms with Crippen LogP contribution in [0.5, 0.6) is 0 Å². The summed E-state index contributed by atoms with van der Waals surface area (Å²) in [5, 5.41) is 18.1. The molecule has 0 aromatic heterocycles. The molecule has 1 aromatic carbocycles. The first-order chi connectivity index (χ1) is 8.43. The molecule has 0 saturated heterocycles. The third-order valence-corrected chi connectivity index (χ3v) is 2.92. The normalized spacial score (nSPS) is 14.2. The van der Waals surface area contributed by atoms with Gasteiger partial charge in [-0.05, 0) is 19.4 Å². The Labute approximate surface area is 106 Å². The molecule has 0 spiro atoms. The fourth-order valence-electron chi connectivity index (χ4n) is 1.69. The van der Waals surface area contributed by atoms with Crippen molar-refractivity contribution in [3.05, 3.63) is 35.9 Å². The van der Waals surface area contributed by atoms with Crippen molar-refractivity contribution in [2.75, 3.05) is 0 Å². The number of rotatable bonds is 6. The zero-order chi connectivity index (χ0) is 13.7. The second kappa shape index (κ2) is 6.16. The van der Waals surface area contributed by atoms with Gasteiger partial charge in [0.05, 0.1) is 0 Å². The molecule has 0 saturated carbocycles. The van der Waals surface area contributed by atoms with E-state index in [9.17, 15) is 9.59 Å². The highest BCUT2D eigenvalue weighted by Crippen LogP contribution is 2.13. The van der Waals surface area contributed by atoms with Crippen molar-refractivity contribution in [1.82, 2.24) is 4.90 Å².